The first kappa shape index (κ1) is 7.88. The predicted octanol–water partition coefficient (Wildman–Crippen LogP) is 1.50. The van der Waals surface area contributed by atoms with Gasteiger partial charge in [0.15, 0.2) is 0 Å². The van der Waals surface area contributed by atoms with E-state index in [2.05, 4.69) is 6.58 Å². The van der Waals surface area contributed by atoms with Crippen molar-refractivity contribution in [2.75, 3.05) is 0 Å². The summed E-state index contributed by atoms with van der Waals surface area (Å²) in [5.74, 6) is -2.66. The summed E-state index contributed by atoms with van der Waals surface area (Å²) in [6, 6.07) is 0. The van der Waals surface area contributed by atoms with Gasteiger partial charge >= 0.3 is 5.97 Å². The van der Waals surface area contributed by atoms with Crippen LogP contribution in [0.1, 0.15) is 6.42 Å². The number of aliphatic carboxylic acids is 1. The quantitative estimate of drug-likeness (QED) is 0.464. The largest absolute Gasteiger partial charge is 0.476 e. The lowest BCUT2D eigenvalue weighted by atomic mass is 10.3. The van der Waals surface area contributed by atoms with Crippen LogP contribution >= 0.6 is 0 Å². The lowest BCUT2D eigenvalue weighted by Crippen LogP contribution is -1.93. The third kappa shape index (κ3) is 3.46. The SMILES string of the molecule is C=CC/C=C(\F)C(=O)O. The van der Waals surface area contributed by atoms with E-state index in [-0.39, 0.29) is 6.42 Å². The van der Waals surface area contributed by atoms with E-state index >= 15 is 0 Å². The van der Waals surface area contributed by atoms with E-state index < -0.39 is 11.8 Å². The number of hydrogen-bond acceptors (Lipinski definition) is 1. The van der Waals surface area contributed by atoms with Crippen molar-refractivity contribution in [2.24, 2.45) is 0 Å². The molecule has 0 aromatic heterocycles. The Morgan fingerprint density at radius 1 is 1.78 bits per heavy atom. The maximum absolute atomic E-state index is 11.9. The molecular formula is C6H7FO2. The predicted molar refractivity (Wildman–Crippen MR) is 31.6 cm³/mol. The third-order valence-electron chi connectivity index (χ3n) is 0.668. The van der Waals surface area contributed by atoms with Crippen molar-refractivity contribution in [2.45, 2.75) is 6.42 Å². The van der Waals surface area contributed by atoms with Gasteiger partial charge in [0.2, 0.25) is 5.83 Å². The van der Waals surface area contributed by atoms with Crippen molar-refractivity contribution in [1.82, 2.24) is 0 Å². The van der Waals surface area contributed by atoms with Gasteiger partial charge in [0.1, 0.15) is 0 Å². The highest BCUT2D eigenvalue weighted by Crippen LogP contribution is 1.97. The fraction of sp³-hybridized carbons (Fsp3) is 0.167. The summed E-state index contributed by atoms with van der Waals surface area (Å²) >= 11 is 0. The molecular weight excluding hydrogens is 123 g/mol. The number of rotatable bonds is 3. The number of carboxylic acid groups (broad SMARTS) is 1. The number of allylic oxidation sites excluding steroid dienone is 2. The molecule has 0 heterocycles. The number of hydrogen-bond donors (Lipinski definition) is 1. The van der Waals surface area contributed by atoms with Crippen LogP contribution in [-0.4, -0.2) is 11.1 Å². The summed E-state index contributed by atoms with van der Waals surface area (Å²) in [4.78, 5) is 9.73. The molecule has 2 nitrogen and oxygen atoms in total. The van der Waals surface area contributed by atoms with Gasteiger partial charge in [0, 0.05) is 0 Å². The van der Waals surface area contributed by atoms with Gasteiger partial charge in [-0.05, 0) is 12.5 Å². The molecule has 0 saturated heterocycles. The van der Waals surface area contributed by atoms with Crippen LogP contribution in [0.25, 0.3) is 0 Å². The van der Waals surface area contributed by atoms with Crippen LogP contribution in [0.5, 0.6) is 0 Å². The van der Waals surface area contributed by atoms with E-state index in [0.29, 0.717) is 0 Å². The van der Waals surface area contributed by atoms with E-state index in [9.17, 15) is 9.18 Å². The van der Waals surface area contributed by atoms with Crippen molar-refractivity contribution in [3.05, 3.63) is 24.6 Å². The van der Waals surface area contributed by atoms with Gasteiger partial charge in [-0.25, -0.2) is 4.79 Å². The summed E-state index contributed by atoms with van der Waals surface area (Å²) in [6.07, 6.45) is 2.62. The summed E-state index contributed by atoms with van der Waals surface area (Å²) in [6.45, 7) is 3.29. The van der Waals surface area contributed by atoms with E-state index in [0.717, 1.165) is 6.08 Å². The molecule has 0 aliphatic carbocycles. The van der Waals surface area contributed by atoms with Crippen LogP contribution in [0, 0.1) is 0 Å². The van der Waals surface area contributed by atoms with E-state index in [1.165, 1.54) is 6.08 Å². The minimum Gasteiger partial charge on any atom is -0.476 e. The first-order valence-corrected chi connectivity index (χ1v) is 2.38. The Balaban J connectivity index is 3.83. The van der Waals surface area contributed by atoms with E-state index in [4.69, 9.17) is 5.11 Å². The third-order valence-corrected chi connectivity index (χ3v) is 0.668. The van der Waals surface area contributed by atoms with Crippen LogP contribution in [-0.2, 0) is 4.79 Å². The second-order valence-corrected chi connectivity index (χ2v) is 1.38. The second-order valence-electron chi connectivity index (χ2n) is 1.38. The molecule has 0 bridgehead atoms. The average molecular weight is 130 g/mol. The molecule has 50 valence electrons. The molecule has 9 heavy (non-hydrogen) atoms. The molecule has 0 fully saturated rings. The van der Waals surface area contributed by atoms with Gasteiger partial charge < -0.3 is 5.11 Å². The molecule has 0 saturated carbocycles. The topological polar surface area (TPSA) is 37.3 Å². The normalized spacial score (nSPS) is 11.0. The Morgan fingerprint density at radius 3 is 2.67 bits per heavy atom. The van der Waals surface area contributed by atoms with Crippen LogP contribution in [0.2, 0.25) is 0 Å². The molecule has 0 aromatic carbocycles. The lowest BCUT2D eigenvalue weighted by Gasteiger charge is -1.83. The Hall–Kier alpha value is -1.12. The maximum atomic E-state index is 11.9. The summed E-state index contributed by atoms with van der Waals surface area (Å²) in [5, 5.41) is 7.93. The lowest BCUT2D eigenvalue weighted by molar-refractivity contribution is -0.134. The van der Waals surface area contributed by atoms with Gasteiger partial charge in [-0.1, -0.05) is 6.08 Å². The summed E-state index contributed by atoms with van der Waals surface area (Å²) in [7, 11) is 0. The van der Waals surface area contributed by atoms with Crippen molar-refractivity contribution in [3.8, 4) is 0 Å². The van der Waals surface area contributed by atoms with Crippen LogP contribution in [0.15, 0.2) is 24.6 Å². The monoisotopic (exact) mass is 130 g/mol. The molecule has 0 aliphatic heterocycles. The Kier molecular flexibility index (Phi) is 3.35. The van der Waals surface area contributed by atoms with Crippen molar-refractivity contribution >= 4 is 5.97 Å². The highest BCUT2D eigenvalue weighted by molar-refractivity contribution is 5.83. The molecule has 0 amide bonds. The zero-order chi connectivity index (χ0) is 7.28. The molecule has 0 atom stereocenters. The van der Waals surface area contributed by atoms with Gasteiger partial charge in [-0.15, -0.1) is 6.58 Å². The Labute approximate surface area is 52.3 Å². The number of carboxylic acids is 1. The van der Waals surface area contributed by atoms with E-state index in [1.807, 2.05) is 0 Å². The minimum atomic E-state index is -1.53. The van der Waals surface area contributed by atoms with Crippen LogP contribution in [0.4, 0.5) is 4.39 Å². The maximum Gasteiger partial charge on any atom is 0.364 e. The van der Waals surface area contributed by atoms with Gasteiger partial charge in [-0.2, -0.15) is 4.39 Å². The zero-order valence-electron chi connectivity index (χ0n) is 4.80. The minimum absolute atomic E-state index is 0.248. The average Bonchev–Trinajstić information content (AvgIpc) is 1.82. The smallest absolute Gasteiger partial charge is 0.364 e. The number of carbonyl (C=O) groups is 1. The molecule has 0 spiro atoms. The molecule has 0 rings (SSSR count). The first-order valence-electron chi connectivity index (χ1n) is 2.38. The summed E-state index contributed by atoms with van der Waals surface area (Å²) in [5.41, 5.74) is 0. The molecule has 0 aromatic rings. The van der Waals surface area contributed by atoms with Crippen molar-refractivity contribution in [1.29, 1.82) is 0 Å². The van der Waals surface area contributed by atoms with Crippen molar-refractivity contribution < 1.29 is 14.3 Å². The van der Waals surface area contributed by atoms with Crippen LogP contribution < -0.4 is 0 Å². The molecule has 0 aliphatic rings. The van der Waals surface area contributed by atoms with Crippen LogP contribution in [0.3, 0.4) is 0 Å². The fourth-order valence-electron chi connectivity index (χ4n) is 0.274. The molecule has 1 N–H and O–H groups in total. The fourth-order valence-corrected chi connectivity index (χ4v) is 0.274. The second kappa shape index (κ2) is 3.83. The summed E-state index contributed by atoms with van der Waals surface area (Å²) < 4.78 is 11.9. The highest BCUT2D eigenvalue weighted by atomic mass is 19.1. The molecule has 0 radical (unpaired) electrons. The van der Waals surface area contributed by atoms with Gasteiger partial charge in [0.25, 0.3) is 0 Å². The molecule has 3 heteroatoms. The molecule has 0 unspecified atom stereocenters. The highest BCUT2D eigenvalue weighted by Gasteiger charge is 2.01. The van der Waals surface area contributed by atoms with Gasteiger partial charge in [-0.3, -0.25) is 0 Å². The number of halogens is 1. The first-order chi connectivity index (χ1) is 4.18. The van der Waals surface area contributed by atoms with E-state index in [1.54, 1.807) is 0 Å². The zero-order valence-corrected chi connectivity index (χ0v) is 4.80. The standard InChI is InChI=1S/C6H7FO2/c1-2-3-4-5(7)6(8)9/h2,4H,1,3H2,(H,8,9)/b5-4-. The Bertz CT molecular complexity index is 149. The Morgan fingerprint density at radius 2 is 2.33 bits per heavy atom. The van der Waals surface area contributed by atoms with Gasteiger partial charge in [0.05, 0.1) is 0 Å². The van der Waals surface area contributed by atoms with Crippen molar-refractivity contribution in [3.63, 3.8) is 0 Å².